The summed E-state index contributed by atoms with van der Waals surface area (Å²) in [5, 5.41) is 5.90. The fraction of sp³-hybridized carbons (Fsp3) is 0.257. The minimum Gasteiger partial charge on any atom is -0.378 e. The number of carbonyl (C=O) groups is 2. The van der Waals surface area contributed by atoms with E-state index in [2.05, 4.69) is 20.6 Å². The lowest BCUT2D eigenvalue weighted by atomic mass is 9.95. The summed E-state index contributed by atoms with van der Waals surface area (Å²) < 4.78 is 28.8. The molecule has 9 nitrogen and oxygen atoms in total. The van der Waals surface area contributed by atoms with Crippen molar-refractivity contribution in [3.63, 3.8) is 0 Å². The minimum atomic E-state index is -0.718. The second-order valence-electron chi connectivity index (χ2n) is 11.8. The van der Waals surface area contributed by atoms with Gasteiger partial charge in [-0.05, 0) is 66.9 Å². The van der Waals surface area contributed by atoms with Crippen LogP contribution in [-0.2, 0) is 11.3 Å². The minimum absolute atomic E-state index is 0.0827. The number of amides is 2. The summed E-state index contributed by atoms with van der Waals surface area (Å²) in [7, 11) is 3.83. The van der Waals surface area contributed by atoms with Gasteiger partial charge >= 0.3 is 0 Å². The van der Waals surface area contributed by atoms with Crippen molar-refractivity contribution in [3.8, 4) is 22.5 Å². The largest absolute Gasteiger partial charge is 0.378 e. The standard InChI is InChI=1S/C35H34F2N6O3/c1-42(2)28-11-8-21(9-12-28)29-16-23(19-43(35(29)46)20-32(44)38-26-6-4-3-5-7-26)34(45)39-27-10-13-30-31(18-27)41-33(40-30)22-14-24(36)17-25(37)15-22/h8-19,26H,3-7,20H2,1-2H3,(H,38,44)(H,39,45)(H,40,41). The summed E-state index contributed by atoms with van der Waals surface area (Å²) in [6, 6.07) is 17.1. The normalized spacial score (nSPS) is 13.5. The maximum atomic E-state index is 13.8. The number of rotatable bonds is 8. The molecule has 6 rings (SSSR count). The molecule has 0 aliphatic heterocycles. The average molecular weight is 625 g/mol. The third kappa shape index (κ3) is 6.83. The first-order valence-electron chi connectivity index (χ1n) is 15.2. The lowest BCUT2D eigenvalue weighted by molar-refractivity contribution is -0.122. The van der Waals surface area contributed by atoms with Crippen LogP contribution in [0.2, 0.25) is 0 Å². The number of fused-ring (bicyclic) bond motifs is 1. The van der Waals surface area contributed by atoms with E-state index < -0.39 is 17.5 Å². The monoisotopic (exact) mass is 624 g/mol. The molecule has 1 aliphatic rings. The van der Waals surface area contributed by atoms with Crippen molar-refractivity contribution in [1.29, 1.82) is 0 Å². The highest BCUT2D eigenvalue weighted by molar-refractivity contribution is 6.05. The third-order valence-electron chi connectivity index (χ3n) is 8.20. The van der Waals surface area contributed by atoms with Gasteiger partial charge in [0.1, 0.15) is 24.0 Å². The average Bonchev–Trinajstić information content (AvgIpc) is 3.46. The van der Waals surface area contributed by atoms with Crippen LogP contribution >= 0.6 is 0 Å². The van der Waals surface area contributed by atoms with Crippen LogP contribution in [0.5, 0.6) is 0 Å². The molecule has 11 heteroatoms. The fourth-order valence-electron chi connectivity index (χ4n) is 5.82. The zero-order chi connectivity index (χ0) is 32.4. The summed E-state index contributed by atoms with van der Waals surface area (Å²) >= 11 is 0. The molecule has 1 fully saturated rings. The van der Waals surface area contributed by atoms with E-state index in [1.54, 1.807) is 18.2 Å². The SMILES string of the molecule is CN(C)c1ccc(-c2cc(C(=O)Nc3ccc4nc(-c5cc(F)cc(F)c5)[nH]c4c3)cn(CC(=O)NC3CCCCC3)c2=O)cc1. The van der Waals surface area contributed by atoms with E-state index in [0.29, 0.717) is 27.8 Å². The Morgan fingerprint density at radius 1 is 0.935 bits per heavy atom. The molecule has 1 aliphatic carbocycles. The molecule has 0 bridgehead atoms. The Morgan fingerprint density at radius 2 is 1.65 bits per heavy atom. The van der Waals surface area contributed by atoms with E-state index in [0.717, 1.165) is 43.9 Å². The van der Waals surface area contributed by atoms with Gasteiger partial charge in [0.25, 0.3) is 11.5 Å². The Kier molecular flexibility index (Phi) is 8.65. The van der Waals surface area contributed by atoms with Crippen molar-refractivity contribution in [2.75, 3.05) is 24.3 Å². The highest BCUT2D eigenvalue weighted by Crippen LogP contribution is 2.26. The predicted octanol–water partition coefficient (Wildman–Crippen LogP) is 6.10. The number of hydrogen-bond acceptors (Lipinski definition) is 5. The summed E-state index contributed by atoms with van der Waals surface area (Å²) in [5.41, 5.74) is 3.44. The Bertz CT molecular complexity index is 1960. The summed E-state index contributed by atoms with van der Waals surface area (Å²) in [4.78, 5) is 49.7. The lowest BCUT2D eigenvalue weighted by Crippen LogP contribution is -2.40. The third-order valence-corrected chi connectivity index (χ3v) is 8.20. The van der Waals surface area contributed by atoms with E-state index in [1.807, 2.05) is 43.3 Å². The van der Waals surface area contributed by atoms with Crippen molar-refractivity contribution in [3.05, 3.63) is 100 Å². The van der Waals surface area contributed by atoms with Crippen LogP contribution in [0.15, 0.2) is 77.7 Å². The van der Waals surface area contributed by atoms with Gasteiger partial charge in [0, 0.05) is 54.9 Å². The van der Waals surface area contributed by atoms with E-state index in [1.165, 1.54) is 29.0 Å². The second-order valence-corrected chi connectivity index (χ2v) is 11.8. The molecule has 0 saturated heterocycles. The van der Waals surface area contributed by atoms with Gasteiger partial charge in [0.15, 0.2) is 0 Å². The van der Waals surface area contributed by atoms with Crippen molar-refractivity contribution in [1.82, 2.24) is 19.9 Å². The van der Waals surface area contributed by atoms with Crippen LogP contribution in [0.1, 0.15) is 42.5 Å². The lowest BCUT2D eigenvalue weighted by Gasteiger charge is -2.23. The molecule has 2 amide bonds. The molecule has 0 spiro atoms. The van der Waals surface area contributed by atoms with Crippen molar-refractivity contribution in [2.45, 2.75) is 44.7 Å². The summed E-state index contributed by atoms with van der Waals surface area (Å²) in [6.45, 7) is -0.219. The zero-order valence-corrected chi connectivity index (χ0v) is 25.6. The molecule has 2 aromatic heterocycles. The number of nitrogens with one attached hydrogen (secondary N) is 3. The van der Waals surface area contributed by atoms with E-state index in [9.17, 15) is 23.2 Å². The van der Waals surface area contributed by atoms with Crippen molar-refractivity contribution in [2.24, 2.45) is 0 Å². The number of aromatic nitrogens is 3. The van der Waals surface area contributed by atoms with Crippen LogP contribution in [0.3, 0.4) is 0 Å². The second kappa shape index (κ2) is 13.0. The van der Waals surface area contributed by atoms with Crippen LogP contribution in [-0.4, -0.2) is 46.5 Å². The first kappa shape index (κ1) is 30.7. The van der Waals surface area contributed by atoms with E-state index >= 15 is 0 Å². The molecule has 5 aromatic rings. The van der Waals surface area contributed by atoms with Gasteiger partial charge in [-0.2, -0.15) is 0 Å². The van der Waals surface area contributed by atoms with Gasteiger partial charge in [0.2, 0.25) is 5.91 Å². The number of imidazole rings is 1. The Morgan fingerprint density at radius 3 is 2.35 bits per heavy atom. The fourth-order valence-corrected chi connectivity index (χ4v) is 5.82. The first-order valence-corrected chi connectivity index (χ1v) is 15.2. The van der Waals surface area contributed by atoms with Crippen LogP contribution in [0, 0.1) is 11.6 Å². The molecule has 0 unspecified atom stereocenters. The number of halogens is 2. The number of H-pyrrole nitrogens is 1. The van der Waals surface area contributed by atoms with Crippen molar-refractivity contribution < 1.29 is 18.4 Å². The number of carbonyl (C=O) groups excluding carboxylic acids is 2. The molecule has 0 atom stereocenters. The van der Waals surface area contributed by atoms with Gasteiger partial charge in [-0.1, -0.05) is 31.4 Å². The topological polar surface area (TPSA) is 112 Å². The number of benzene rings is 3. The molecule has 3 N–H and O–H groups in total. The Labute approximate surface area is 264 Å². The van der Waals surface area contributed by atoms with E-state index in [-0.39, 0.29) is 41.0 Å². The maximum absolute atomic E-state index is 13.8. The van der Waals surface area contributed by atoms with Crippen LogP contribution in [0.4, 0.5) is 20.2 Å². The molecule has 236 valence electrons. The quantitative estimate of drug-likeness (QED) is 0.193. The van der Waals surface area contributed by atoms with Gasteiger partial charge in [0.05, 0.1) is 16.6 Å². The maximum Gasteiger partial charge on any atom is 0.258 e. The molecule has 2 heterocycles. The molecule has 1 saturated carbocycles. The summed E-state index contributed by atoms with van der Waals surface area (Å²) in [5.74, 6) is -1.92. The Balaban J connectivity index is 1.29. The number of pyridine rings is 1. The number of nitrogens with zero attached hydrogens (tertiary/aromatic N) is 3. The molecule has 46 heavy (non-hydrogen) atoms. The molecule has 0 radical (unpaired) electrons. The number of aromatic amines is 1. The highest BCUT2D eigenvalue weighted by atomic mass is 19.1. The van der Waals surface area contributed by atoms with Gasteiger partial charge < -0.3 is 25.1 Å². The summed E-state index contributed by atoms with van der Waals surface area (Å²) in [6.07, 6.45) is 6.49. The van der Waals surface area contributed by atoms with Gasteiger partial charge in [-0.3, -0.25) is 14.4 Å². The van der Waals surface area contributed by atoms with Crippen LogP contribution in [0.25, 0.3) is 33.5 Å². The number of anilines is 2. The smallest absolute Gasteiger partial charge is 0.258 e. The predicted molar refractivity (Wildman–Crippen MR) is 175 cm³/mol. The van der Waals surface area contributed by atoms with Gasteiger partial charge in [-0.25, -0.2) is 13.8 Å². The first-order chi connectivity index (χ1) is 22.1. The Hall–Kier alpha value is -5.32. The molecular formula is C35H34F2N6O3. The molecular weight excluding hydrogens is 590 g/mol. The molecule has 3 aromatic carbocycles. The zero-order valence-electron chi connectivity index (χ0n) is 25.6. The van der Waals surface area contributed by atoms with Gasteiger partial charge in [-0.15, -0.1) is 0 Å². The van der Waals surface area contributed by atoms with E-state index in [4.69, 9.17) is 0 Å². The van der Waals surface area contributed by atoms with Crippen LogP contribution < -0.4 is 21.1 Å². The number of hydrogen-bond donors (Lipinski definition) is 3. The van der Waals surface area contributed by atoms with Crippen molar-refractivity contribution >= 4 is 34.2 Å². The highest BCUT2D eigenvalue weighted by Gasteiger charge is 2.19.